The zero-order chi connectivity index (χ0) is 83.3. The van der Waals surface area contributed by atoms with Gasteiger partial charge in [0.2, 0.25) is 17.7 Å². The lowest BCUT2D eigenvalue weighted by atomic mass is 10.1. The molecule has 18 N–H and O–H groups in total. The summed E-state index contributed by atoms with van der Waals surface area (Å²) in [6.07, 6.45) is 15.5. The highest BCUT2D eigenvalue weighted by Crippen LogP contribution is 2.35. The molecule has 0 unspecified atom stereocenters. The Morgan fingerprint density at radius 1 is 0.381 bits per heavy atom. The van der Waals surface area contributed by atoms with Crippen molar-refractivity contribution in [1.29, 1.82) is 0 Å². The lowest BCUT2D eigenvalue weighted by Crippen LogP contribution is -2.24. The first kappa shape index (κ1) is 88.2. The molecule has 6 aromatic heterocycles. The summed E-state index contributed by atoms with van der Waals surface area (Å²) in [5.41, 5.74) is 35.1. The van der Waals surface area contributed by atoms with Gasteiger partial charge in [0.25, 0.3) is 0 Å². The summed E-state index contributed by atoms with van der Waals surface area (Å²) in [4.78, 5) is 98.3. The second kappa shape index (κ2) is 43.7. The van der Waals surface area contributed by atoms with E-state index in [4.69, 9.17) is 48.1 Å². The molecule has 0 radical (unpaired) electrons. The van der Waals surface area contributed by atoms with Crippen LogP contribution in [0.25, 0.3) is 66.9 Å². The Bertz CT molecular complexity index is 5400. The van der Waals surface area contributed by atoms with Gasteiger partial charge in [-0.2, -0.15) is 15.3 Å². The van der Waals surface area contributed by atoms with Gasteiger partial charge in [-0.25, -0.2) is 83.6 Å². The Morgan fingerprint density at radius 2 is 0.703 bits per heavy atom. The maximum Gasteiger partial charge on any atom is 0.323 e. The van der Waals surface area contributed by atoms with Crippen molar-refractivity contribution in [3.05, 3.63) is 181 Å². The molecule has 34 nitrogen and oxygen atoms in total. The molecule has 118 heavy (non-hydrogen) atoms. The van der Waals surface area contributed by atoms with Crippen LogP contribution in [0.4, 0.5) is 74.7 Å². The molecule has 6 heterocycles. The normalized spacial score (nSPS) is 10.9. The Morgan fingerprint density at radius 3 is 1.08 bits per heavy atom. The van der Waals surface area contributed by atoms with Gasteiger partial charge in [-0.05, 0) is 169 Å². The molecule has 0 fully saturated rings. The van der Waals surface area contributed by atoms with E-state index in [0.717, 1.165) is 116 Å². The first-order valence-corrected chi connectivity index (χ1v) is 38.1. The SMILES string of the molecule is C.Cc1ccc(F)c(NC(=O)Nc2ccc(-c3nn(CCCCCCCC(=O)NO)c4ncnc(N)c34)cc2)c1.Cc1ccc(F)c(NC(=O)Nc2ccc(-c3nn(CCCN(C)CCCC(=O)NO)c4ncnc(N)c34)cc2)c1.Cc1cccc(NC(=O)Nc2ccc(-c3nn(CCCCCCCC(=O)NO)c4ncnc(N)c34)cc2)c1. The minimum atomic E-state index is -0.564. The van der Waals surface area contributed by atoms with Gasteiger partial charge in [0.15, 0.2) is 16.9 Å². The van der Waals surface area contributed by atoms with Crippen molar-refractivity contribution in [2.24, 2.45) is 0 Å². The van der Waals surface area contributed by atoms with Gasteiger partial charge >= 0.3 is 18.1 Å². The zero-order valence-corrected chi connectivity index (χ0v) is 65.2. The number of carbonyl (C=O) groups excluding carboxylic acids is 6. The third-order valence-electron chi connectivity index (χ3n) is 18.7. The van der Waals surface area contributed by atoms with Gasteiger partial charge < -0.3 is 54.0 Å². The molecular formula is C82H99F2N25O9. The second-order valence-electron chi connectivity index (χ2n) is 27.8. The number of hydroxylamine groups is 3. The van der Waals surface area contributed by atoms with E-state index in [1.807, 2.05) is 97.8 Å². The summed E-state index contributed by atoms with van der Waals surface area (Å²) in [6, 6.07) is 36.6. The smallest absolute Gasteiger partial charge is 0.323 e. The minimum Gasteiger partial charge on any atom is -0.383 e. The van der Waals surface area contributed by atoms with E-state index in [0.29, 0.717) is 130 Å². The van der Waals surface area contributed by atoms with Crippen LogP contribution in [-0.4, -0.2) is 136 Å². The Kier molecular flexibility index (Phi) is 32.7. The number of hydrogen-bond donors (Lipinski definition) is 15. The van der Waals surface area contributed by atoms with Gasteiger partial charge in [0.05, 0.1) is 27.5 Å². The lowest BCUT2D eigenvalue weighted by Gasteiger charge is -2.16. The summed E-state index contributed by atoms with van der Waals surface area (Å²) in [5, 5.41) is 58.1. The van der Waals surface area contributed by atoms with Crippen LogP contribution in [0.2, 0.25) is 0 Å². The number of anilines is 9. The number of aromatic nitrogens is 12. The number of nitrogens with zero attached hydrogens (tertiary/aromatic N) is 13. The van der Waals surface area contributed by atoms with Crippen molar-refractivity contribution in [2.45, 2.75) is 144 Å². The molecule has 9 amide bonds. The first-order chi connectivity index (χ1) is 56.5. The van der Waals surface area contributed by atoms with E-state index < -0.39 is 29.6 Å². The maximum absolute atomic E-state index is 14.0. The quantitative estimate of drug-likeness (QED) is 0.0103. The number of carbonyl (C=O) groups is 6. The van der Waals surface area contributed by atoms with Crippen LogP contribution in [0.3, 0.4) is 0 Å². The number of fused-ring (bicyclic) bond motifs is 3. The molecule has 0 aliphatic rings. The van der Waals surface area contributed by atoms with Crippen molar-refractivity contribution < 1.29 is 53.2 Å². The molecule has 12 aromatic rings. The number of nitrogen functional groups attached to an aromatic ring is 3. The highest BCUT2D eigenvalue weighted by molar-refractivity contribution is 6.04. The molecule has 36 heteroatoms. The highest BCUT2D eigenvalue weighted by atomic mass is 19.1. The number of unbranched alkanes of at least 4 members (excludes halogenated alkanes) is 8. The van der Waals surface area contributed by atoms with E-state index in [2.05, 4.69) is 66.7 Å². The Labute approximate surface area is 679 Å². The third kappa shape index (κ3) is 25.1. The summed E-state index contributed by atoms with van der Waals surface area (Å²) < 4.78 is 33.4. The fourth-order valence-electron chi connectivity index (χ4n) is 12.8. The molecule has 0 aliphatic carbocycles. The van der Waals surface area contributed by atoms with Gasteiger partial charge in [-0.15, -0.1) is 0 Å². The van der Waals surface area contributed by atoms with Crippen LogP contribution < -0.4 is 65.5 Å². The van der Waals surface area contributed by atoms with E-state index in [9.17, 15) is 37.5 Å². The number of urea groups is 3. The Hall–Kier alpha value is -13.7. The van der Waals surface area contributed by atoms with Gasteiger partial charge in [0, 0.05) is 78.3 Å². The van der Waals surface area contributed by atoms with E-state index in [1.54, 1.807) is 81.8 Å². The van der Waals surface area contributed by atoms with Crippen LogP contribution in [0.1, 0.15) is 120 Å². The summed E-state index contributed by atoms with van der Waals surface area (Å²) in [6.45, 7) is 8.97. The fourth-order valence-corrected chi connectivity index (χ4v) is 12.8. The standard InChI is InChI=1S/C27H32FN9O3.C27H31FN8O3.C27H32N8O3.CH4/c1-17-6-11-20(28)21(15-17)33-27(39)32-19-9-7-18(8-10-19)24-23-25(29)30-16-31-26(23)37(34-24)14-4-13-36(2)12-3-5-22(38)35-40;1-17-8-13-20(28)21(15-17)33-27(38)32-19-11-9-18(10-12-19)24-23-25(29)30-16-31-26(23)36(34-24)14-6-4-2-3-5-7-22(37)35-39;1-18-8-7-9-21(16-18)32-27(37)31-20-13-11-19(12-14-20)24-23-25(28)29-17-30-26(23)35(33-24)15-6-4-2-3-5-10-22(36)34-38;/h6-11,15-16,40H,3-5,12-14H2,1-2H3,(H,35,38)(H2,29,30,31)(H2,32,33,39);8-13,15-16,39H,2-7,14H2,1H3,(H,35,37)(H2,29,30,31)(H2,32,33,38);7-9,11-14,16-17,38H,2-6,10,15H2,1H3,(H,34,36)(H2,28,29,30)(H2,31,32,37);1H4. The largest absolute Gasteiger partial charge is 0.383 e. The summed E-state index contributed by atoms with van der Waals surface area (Å²) in [5.74, 6) is -1.15. The lowest BCUT2D eigenvalue weighted by molar-refractivity contribution is -0.130. The van der Waals surface area contributed by atoms with Gasteiger partial charge in [-0.1, -0.05) is 107 Å². The molecule has 0 aliphatic heterocycles. The van der Waals surface area contributed by atoms with Gasteiger partial charge in [-0.3, -0.25) is 30.0 Å². The van der Waals surface area contributed by atoms with Crippen molar-refractivity contribution in [2.75, 3.05) is 69.2 Å². The van der Waals surface area contributed by atoms with Crippen LogP contribution in [0.15, 0.2) is 152 Å². The molecule has 0 saturated heterocycles. The van der Waals surface area contributed by atoms with Crippen molar-refractivity contribution >= 4 is 120 Å². The molecule has 0 bridgehead atoms. The predicted octanol–water partition coefficient (Wildman–Crippen LogP) is 14.3. The topological polar surface area (TPSA) is 483 Å². The maximum atomic E-state index is 14.0. The summed E-state index contributed by atoms with van der Waals surface area (Å²) in [7, 11) is 1.97. The molecular weight excluding hydrogens is 1520 g/mol. The Balaban J connectivity index is 0.000000201. The third-order valence-corrected chi connectivity index (χ3v) is 18.7. The van der Waals surface area contributed by atoms with Crippen molar-refractivity contribution in [3.63, 3.8) is 0 Å². The second-order valence-corrected chi connectivity index (χ2v) is 27.8. The molecule has 0 spiro atoms. The number of amides is 9. The fraction of sp³-hybridized carbons (Fsp3) is 0.305. The predicted molar refractivity (Wildman–Crippen MR) is 450 cm³/mol. The minimum absolute atomic E-state index is 0. The van der Waals surface area contributed by atoms with Gasteiger partial charge in [0.1, 0.15) is 65.2 Å². The number of hydrogen-bond acceptors (Lipinski definition) is 22. The zero-order valence-electron chi connectivity index (χ0n) is 65.2. The summed E-state index contributed by atoms with van der Waals surface area (Å²) >= 11 is 0. The number of benzene rings is 6. The van der Waals surface area contributed by atoms with Crippen molar-refractivity contribution in [1.82, 2.24) is 80.6 Å². The molecule has 12 rings (SSSR count). The number of nitrogens with two attached hydrogens (primary N) is 3. The average Bonchev–Trinajstić information content (AvgIpc) is 1.66. The van der Waals surface area contributed by atoms with E-state index >= 15 is 0 Å². The first-order valence-electron chi connectivity index (χ1n) is 38.1. The molecule has 6 aromatic carbocycles. The molecule has 620 valence electrons. The van der Waals surface area contributed by atoms with E-state index in [1.165, 1.54) is 31.1 Å². The average molecular weight is 1620 g/mol. The van der Waals surface area contributed by atoms with Crippen LogP contribution in [-0.2, 0) is 34.0 Å². The monoisotopic (exact) mass is 1620 g/mol. The van der Waals surface area contributed by atoms with Crippen LogP contribution in [0.5, 0.6) is 0 Å². The number of halogens is 2. The molecule has 0 atom stereocenters. The van der Waals surface area contributed by atoms with Crippen molar-refractivity contribution in [3.8, 4) is 33.8 Å². The number of rotatable bonds is 33. The van der Waals surface area contributed by atoms with E-state index in [-0.39, 0.29) is 43.1 Å². The molecule has 0 saturated carbocycles. The number of aryl methyl sites for hydroxylation is 6. The highest BCUT2D eigenvalue weighted by Gasteiger charge is 2.22. The number of nitrogens with one attached hydrogen (secondary N) is 9. The van der Waals surface area contributed by atoms with Crippen LogP contribution >= 0.6 is 0 Å². The van der Waals surface area contributed by atoms with Crippen LogP contribution in [0, 0.1) is 32.4 Å².